The van der Waals surface area contributed by atoms with Crippen LogP contribution in [0.5, 0.6) is 0 Å². The molecule has 0 bridgehead atoms. The summed E-state index contributed by atoms with van der Waals surface area (Å²) >= 11 is 0. The predicted octanol–water partition coefficient (Wildman–Crippen LogP) is 3.70. The zero-order chi connectivity index (χ0) is 18.9. The van der Waals surface area contributed by atoms with Crippen LogP contribution in [0.2, 0.25) is 0 Å². The third kappa shape index (κ3) is 3.97. The number of anilines is 2. The molecule has 1 aliphatic heterocycles. The summed E-state index contributed by atoms with van der Waals surface area (Å²) < 4.78 is 0. The molecule has 4 rings (SSSR count). The molecular formula is C22H31N3O2. The highest BCUT2D eigenvalue weighted by molar-refractivity contribution is 6.13. The van der Waals surface area contributed by atoms with E-state index in [0.717, 1.165) is 37.5 Å². The Hall–Kier alpha value is -2.04. The molecule has 5 nitrogen and oxygen atoms in total. The monoisotopic (exact) mass is 369 g/mol. The summed E-state index contributed by atoms with van der Waals surface area (Å²) in [6.45, 7) is 4.50. The number of hydrogen-bond donors (Lipinski definition) is 2. The van der Waals surface area contributed by atoms with Gasteiger partial charge in [0.25, 0.3) is 0 Å². The van der Waals surface area contributed by atoms with E-state index in [1.54, 1.807) is 0 Å². The van der Waals surface area contributed by atoms with Crippen LogP contribution in [0.15, 0.2) is 24.3 Å². The van der Waals surface area contributed by atoms with E-state index in [4.69, 9.17) is 0 Å². The molecule has 0 unspecified atom stereocenters. The van der Waals surface area contributed by atoms with Crippen LogP contribution < -0.4 is 15.5 Å². The minimum Gasteiger partial charge on any atom is -0.372 e. The van der Waals surface area contributed by atoms with Gasteiger partial charge in [0.2, 0.25) is 11.8 Å². The van der Waals surface area contributed by atoms with Gasteiger partial charge in [-0.25, -0.2) is 0 Å². The van der Waals surface area contributed by atoms with Gasteiger partial charge in [-0.1, -0.05) is 19.8 Å². The van der Waals surface area contributed by atoms with Gasteiger partial charge < -0.3 is 15.5 Å². The molecule has 1 aromatic carbocycles. The first kappa shape index (κ1) is 18.3. The number of hydrogen-bond acceptors (Lipinski definition) is 3. The maximum atomic E-state index is 12.8. The second kappa shape index (κ2) is 7.53. The zero-order valence-corrected chi connectivity index (χ0v) is 16.3. The van der Waals surface area contributed by atoms with Crippen LogP contribution in [0.4, 0.5) is 11.4 Å². The molecule has 2 N–H and O–H groups in total. The molecule has 0 radical (unpaired) electrons. The van der Waals surface area contributed by atoms with Crippen molar-refractivity contribution in [3.05, 3.63) is 24.3 Å². The summed E-state index contributed by atoms with van der Waals surface area (Å²) in [4.78, 5) is 27.8. The Balaban J connectivity index is 1.34. The first-order valence-corrected chi connectivity index (χ1v) is 10.5. The van der Waals surface area contributed by atoms with Crippen LogP contribution >= 0.6 is 0 Å². The van der Waals surface area contributed by atoms with E-state index in [2.05, 4.69) is 34.6 Å². The molecule has 0 spiro atoms. The van der Waals surface area contributed by atoms with Crippen molar-refractivity contribution in [3.63, 3.8) is 0 Å². The van der Waals surface area contributed by atoms with E-state index >= 15 is 0 Å². The average Bonchev–Trinajstić information content (AvgIpc) is 3.35. The highest BCUT2D eigenvalue weighted by atomic mass is 16.2. The second-order valence-corrected chi connectivity index (χ2v) is 8.71. The largest absolute Gasteiger partial charge is 0.372 e. The molecule has 146 valence electrons. The van der Waals surface area contributed by atoms with E-state index in [9.17, 15) is 9.59 Å². The molecule has 1 aromatic rings. The number of piperidine rings is 1. The Kier molecular flexibility index (Phi) is 5.11. The molecule has 27 heavy (non-hydrogen) atoms. The van der Waals surface area contributed by atoms with E-state index in [0.29, 0.717) is 12.8 Å². The molecule has 2 amide bonds. The first-order chi connectivity index (χ1) is 13.1. The minimum atomic E-state index is -0.843. The summed E-state index contributed by atoms with van der Waals surface area (Å²) in [7, 11) is 0. The normalized spacial score (nSPS) is 22.5. The van der Waals surface area contributed by atoms with Gasteiger partial charge in [0.1, 0.15) is 5.41 Å². The van der Waals surface area contributed by atoms with Crippen molar-refractivity contribution in [2.24, 2.45) is 11.3 Å². The highest BCUT2D eigenvalue weighted by Crippen LogP contribution is 2.47. The maximum Gasteiger partial charge on any atom is 0.240 e. The topological polar surface area (TPSA) is 61.4 Å². The third-order valence-corrected chi connectivity index (χ3v) is 6.58. The van der Waals surface area contributed by atoms with E-state index in [1.165, 1.54) is 31.4 Å². The van der Waals surface area contributed by atoms with E-state index in [1.807, 2.05) is 12.1 Å². The second-order valence-electron chi connectivity index (χ2n) is 8.71. The molecular weight excluding hydrogens is 338 g/mol. The van der Waals surface area contributed by atoms with Crippen LogP contribution in [0, 0.1) is 11.3 Å². The van der Waals surface area contributed by atoms with Crippen LogP contribution in [0.3, 0.4) is 0 Å². The van der Waals surface area contributed by atoms with Crippen molar-refractivity contribution in [1.29, 1.82) is 0 Å². The minimum absolute atomic E-state index is 0.0778. The molecule has 3 aliphatic rings. The van der Waals surface area contributed by atoms with Crippen LogP contribution in [0.1, 0.15) is 58.3 Å². The Morgan fingerprint density at radius 1 is 0.963 bits per heavy atom. The smallest absolute Gasteiger partial charge is 0.240 e. The lowest BCUT2D eigenvalue weighted by atomic mass is 9.99. The van der Waals surface area contributed by atoms with Crippen LogP contribution in [0.25, 0.3) is 0 Å². The fraction of sp³-hybridized carbons (Fsp3) is 0.636. The molecule has 0 aromatic heterocycles. The van der Waals surface area contributed by atoms with Gasteiger partial charge in [-0.2, -0.15) is 0 Å². The molecule has 3 fully saturated rings. The van der Waals surface area contributed by atoms with Crippen molar-refractivity contribution in [2.45, 2.75) is 64.3 Å². The fourth-order valence-electron chi connectivity index (χ4n) is 4.35. The van der Waals surface area contributed by atoms with Gasteiger partial charge in [-0.3, -0.25) is 9.59 Å². The van der Waals surface area contributed by atoms with Crippen molar-refractivity contribution >= 4 is 23.2 Å². The number of benzene rings is 1. The van der Waals surface area contributed by atoms with Crippen LogP contribution in [-0.2, 0) is 9.59 Å². The molecule has 1 saturated heterocycles. The molecule has 0 atom stereocenters. The van der Waals surface area contributed by atoms with Gasteiger partial charge >= 0.3 is 0 Å². The average molecular weight is 370 g/mol. The standard InChI is InChI=1S/C22H31N3O2/c1-16-10-14-25(15-11-16)19-8-6-18(7-9-19)24-21(27)22(12-13-22)20(26)23-17-4-2-3-5-17/h6-9,16-17H,2-5,10-15H2,1H3,(H,23,26)(H,24,27). The zero-order valence-electron chi connectivity index (χ0n) is 16.3. The number of carbonyl (C=O) groups is 2. The molecule has 2 saturated carbocycles. The SMILES string of the molecule is CC1CCN(c2ccc(NC(=O)C3(C(=O)NC4CCCC4)CC3)cc2)CC1. The van der Waals surface area contributed by atoms with Gasteiger partial charge in [0, 0.05) is 30.5 Å². The van der Waals surface area contributed by atoms with Crippen molar-refractivity contribution < 1.29 is 9.59 Å². The predicted molar refractivity (Wildman–Crippen MR) is 108 cm³/mol. The number of rotatable bonds is 5. The van der Waals surface area contributed by atoms with Crippen molar-refractivity contribution in [3.8, 4) is 0 Å². The first-order valence-electron chi connectivity index (χ1n) is 10.5. The summed E-state index contributed by atoms with van der Waals surface area (Å²) in [5.41, 5.74) is 1.14. The van der Waals surface area contributed by atoms with Crippen molar-refractivity contribution in [2.75, 3.05) is 23.3 Å². The third-order valence-electron chi connectivity index (χ3n) is 6.58. The van der Waals surface area contributed by atoms with Crippen molar-refractivity contribution in [1.82, 2.24) is 5.32 Å². The number of nitrogens with one attached hydrogen (secondary N) is 2. The van der Waals surface area contributed by atoms with Gasteiger partial charge in [-0.15, -0.1) is 0 Å². The highest BCUT2D eigenvalue weighted by Gasteiger charge is 2.56. The van der Waals surface area contributed by atoms with Gasteiger partial charge in [-0.05, 0) is 68.7 Å². The fourth-order valence-corrected chi connectivity index (χ4v) is 4.35. The Morgan fingerprint density at radius 2 is 1.59 bits per heavy atom. The summed E-state index contributed by atoms with van der Waals surface area (Å²) in [6.07, 6.45) is 8.20. The lowest BCUT2D eigenvalue weighted by Crippen LogP contribution is -2.43. The van der Waals surface area contributed by atoms with Crippen LogP contribution in [-0.4, -0.2) is 30.9 Å². The summed E-state index contributed by atoms with van der Waals surface area (Å²) in [5, 5.41) is 6.07. The van der Waals surface area contributed by atoms with Gasteiger partial charge in [0.15, 0.2) is 0 Å². The van der Waals surface area contributed by atoms with Gasteiger partial charge in [0.05, 0.1) is 0 Å². The number of nitrogens with zero attached hydrogens (tertiary/aromatic N) is 1. The quantitative estimate of drug-likeness (QED) is 0.778. The lowest BCUT2D eigenvalue weighted by molar-refractivity contribution is -0.134. The lowest BCUT2D eigenvalue weighted by Gasteiger charge is -2.32. The Morgan fingerprint density at radius 3 is 2.19 bits per heavy atom. The maximum absolute atomic E-state index is 12.8. The number of carbonyl (C=O) groups excluding carboxylic acids is 2. The summed E-state index contributed by atoms with van der Waals surface area (Å²) in [5.74, 6) is 0.577. The molecule has 5 heteroatoms. The molecule has 2 aliphatic carbocycles. The Labute approximate surface area is 161 Å². The summed E-state index contributed by atoms with van der Waals surface area (Å²) in [6, 6.07) is 8.31. The Bertz CT molecular complexity index is 682. The van der Waals surface area contributed by atoms with E-state index < -0.39 is 5.41 Å². The van der Waals surface area contributed by atoms with E-state index in [-0.39, 0.29) is 17.9 Å². The number of amides is 2. The molecule has 1 heterocycles.